The number of anilines is 1. The van der Waals surface area contributed by atoms with E-state index < -0.39 is 10.0 Å². The van der Waals surface area contributed by atoms with Crippen LogP contribution in [0.15, 0.2) is 70.9 Å². The normalized spacial score (nSPS) is 11.1. The van der Waals surface area contributed by atoms with E-state index in [1.807, 2.05) is 24.3 Å². The number of thiophene rings is 1. The number of benzene rings is 2. The second-order valence-electron chi connectivity index (χ2n) is 5.95. The zero-order valence-electron chi connectivity index (χ0n) is 15.5. The number of hydrogen-bond acceptors (Lipinski definition) is 5. The van der Waals surface area contributed by atoms with E-state index in [1.54, 1.807) is 36.8 Å². The Morgan fingerprint density at radius 1 is 1.11 bits per heavy atom. The molecular weight excluding hydrogens is 396 g/mol. The SMILES string of the molecule is COc1cccc(CNC(=O)c2sccc2N(C)S(=O)(=O)c2ccccc2)c1. The van der Waals surface area contributed by atoms with E-state index in [1.165, 1.54) is 30.5 Å². The largest absolute Gasteiger partial charge is 0.497 e. The number of carbonyl (C=O) groups is 1. The van der Waals surface area contributed by atoms with Crippen molar-refractivity contribution < 1.29 is 17.9 Å². The van der Waals surface area contributed by atoms with Gasteiger partial charge >= 0.3 is 0 Å². The molecule has 0 spiro atoms. The van der Waals surface area contributed by atoms with Crippen LogP contribution in [0.3, 0.4) is 0 Å². The molecule has 1 heterocycles. The van der Waals surface area contributed by atoms with Crippen molar-refractivity contribution in [2.75, 3.05) is 18.5 Å². The molecule has 0 atom stereocenters. The zero-order valence-corrected chi connectivity index (χ0v) is 17.1. The van der Waals surface area contributed by atoms with Crippen LogP contribution in [0.4, 0.5) is 5.69 Å². The monoisotopic (exact) mass is 416 g/mol. The van der Waals surface area contributed by atoms with Crippen molar-refractivity contribution in [1.29, 1.82) is 0 Å². The molecule has 0 fully saturated rings. The summed E-state index contributed by atoms with van der Waals surface area (Å²) in [6, 6.07) is 17.1. The molecule has 1 aromatic heterocycles. The lowest BCUT2D eigenvalue weighted by molar-refractivity contribution is 0.0955. The molecular formula is C20H20N2O4S2. The van der Waals surface area contributed by atoms with Crippen LogP contribution in [-0.4, -0.2) is 28.5 Å². The smallest absolute Gasteiger partial charge is 0.264 e. The van der Waals surface area contributed by atoms with Crippen LogP contribution < -0.4 is 14.4 Å². The van der Waals surface area contributed by atoms with Crippen molar-refractivity contribution in [3.63, 3.8) is 0 Å². The van der Waals surface area contributed by atoms with Gasteiger partial charge in [-0.1, -0.05) is 30.3 Å². The van der Waals surface area contributed by atoms with Gasteiger partial charge in [0.15, 0.2) is 0 Å². The molecule has 146 valence electrons. The first kappa shape index (κ1) is 19.9. The number of amides is 1. The Morgan fingerprint density at radius 2 is 1.86 bits per heavy atom. The lowest BCUT2D eigenvalue weighted by Crippen LogP contribution is -2.29. The predicted molar refractivity (Wildman–Crippen MR) is 111 cm³/mol. The predicted octanol–water partition coefficient (Wildman–Crippen LogP) is 3.51. The Hall–Kier alpha value is -2.84. The van der Waals surface area contributed by atoms with Crippen molar-refractivity contribution in [3.8, 4) is 5.75 Å². The van der Waals surface area contributed by atoms with Gasteiger partial charge in [-0.25, -0.2) is 8.42 Å². The summed E-state index contributed by atoms with van der Waals surface area (Å²) < 4.78 is 32.0. The molecule has 2 aromatic carbocycles. The lowest BCUT2D eigenvalue weighted by atomic mass is 10.2. The van der Waals surface area contributed by atoms with E-state index >= 15 is 0 Å². The third-order valence-corrected chi connectivity index (χ3v) is 6.87. The molecule has 28 heavy (non-hydrogen) atoms. The van der Waals surface area contributed by atoms with Crippen LogP contribution in [0.25, 0.3) is 0 Å². The van der Waals surface area contributed by atoms with Crippen LogP contribution in [0.5, 0.6) is 5.75 Å². The van der Waals surface area contributed by atoms with Crippen LogP contribution >= 0.6 is 11.3 Å². The van der Waals surface area contributed by atoms with E-state index in [-0.39, 0.29) is 10.8 Å². The number of nitrogens with one attached hydrogen (secondary N) is 1. The summed E-state index contributed by atoms with van der Waals surface area (Å²) in [5.41, 5.74) is 1.23. The van der Waals surface area contributed by atoms with Crippen molar-refractivity contribution in [1.82, 2.24) is 5.32 Å². The summed E-state index contributed by atoms with van der Waals surface area (Å²) in [6.07, 6.45) is 0. The molecule has 0 bridgehead atoms. The maximum Gasteiger partial charge on any atom is 0.264 e. The highest BCUT2D eigenvalue weighted by molar-refractivity contribution is 7.92. The van der Waals surface area contributed by atoms with E-state index in [0.29, 0.717) is 22.9 Å². The first-order valence-corrected chi connectivity index (χ1v) is 10.8. The van der Waals surface area contributed by atoms with E-state index in [4.69, 9.17) is 4.74 Å². The minimum Gasteiger partial charge on any atom is -0.497 e. The molecule has 8 heteroatoms. The van der Waals surface area contributed by atoms with Crippen molar-refractivity contribution in [2.45, 2.75) is 11.4 Å². The van der Waals surface area contributed by atoms with Crippen LogP contribution in [0.1, 0.15) is 15.2 Å². The Balaban J connectivity index is 1.78. The maximum absolute atomic E-state index is 12.8. The molecule has 3 aromatic rings. The highest BCUT2D eigenvalue weighted by Crippen LogP contribution is 2.29. The molecule has 0 saturated carbocycles. The molecule has 0 aliphatic heterocycles. The average molecular weight is 417 g/mol. The molecule has 1 amide bonds. The zero-order chi connectivity index (χ0) is 20.1. The Bertz CT molecular complexity index is 1060. The number of rotatable bonds is 7. The topological polar surface area (TPSA) is 75.7 Å². The van der Waals surface area contributed by atoms with Gasteiger partial charge in [0.1, 0.15) is 10.6 Å². The van der Waals surface area contributed by atoms with Gasteiger partial charge in [0.05, 0.1) is 17.7 Å². The summed E-state index contributed by atoms with van der Waals surface area (Å²) in [5.74, 6) is 0.375. The number of methoxy groups -OCH3 is 1. The molecule has 0 saturated heterocycles. The van der Waals surface area contributed by atoms with Gasteiger partial charge in [0.2, 0.25) is 0 Å². The molecule has 6 nitrogen and oxygen atoms in total. The quantitative estimate of drug-likeness (QED) is 0.640. The number of carbonyl (C=O) groups excluding carboxylic acids is 1. The van der Waals surface area contributed by atoms with Gasteiger partial charge in [-0.3, -0.25) is 9.10 Å². The Labute approximate surface area is 168 Å². The van der Waals surface area contributed by atoms with Gasteiger partial charge < -0.3 is 10.1 Å². The van der Waals surface area contributed by atoms with E-state index in [0.717, 1.165) is 9.87 Å². The lowest BCUT2D eigenvalue weighted by Gasteiger charge is -2.19. The third-order valence-electron chi connectivity index (χ3n) is 4.18. The minimum atomic E-state index is -3.75. The van der Waals surface area contributed by atoms with Gasteiger partial charge in [-0.05, 0) is 41.3 Å². The number of ether oxygens (including phenoxy) is 1. The first-order valence-electron chi connectivity index (χ1n) is 8.46. The standard InChI is InChI=1S/C20H20N2O4S2/c1-22(28(24,25)17-9-4-3-5-10-17)18-11-12-27-19(18)20(23)21-14-15-7-6-8-16(13-15)26-2/h3-13H,14H2,1-2H3,(H,21,23). The highest BCUT2D eigenvalue weighted by Gasteiger charge is 2.26. The first-order chi connectivity index (χ1) is 13.4. The number of hydrogen-bond donors (Lipinski definition) is 1. The van der Waals surface area contributed by atoms with Gasteiger partial charge in [-0.15, -0.1) is 11.3 Å². The van der Waals surface area contributed by atoms with Gasteiger partial charge in [0.25, 0.3) is 15.9 Å². The third kappa shape index (κ3) is 4.18. The summed E-state index contributed by atoms with van der Waals surface area (Å²) in [6.45, 7) is 0.308. The van der Waals surface area contributed by atoms with Gasteiger partial charge in [-0.2, -0.15) is 0 Å². The molecule has 0 aliphatic carbocycles. The Kier molecular flexibility index (Phi) is 6.01. The summed E-state index contributed by atoms with van der Waals surface area (Å²) in [5, 5.41) is 4.53. The Morgan fingerprint density at radius 3 is 2.57 bits per heavy atom. The fourth-order valence-electron chi connectivity index (χ4n) is 2.65. The minimum absolute atomic E-state index is 0.173. The maximum atomic E-state index is 12.8. The summed E-state index contributed by atoms with van der Waals surface area (Å²) in [7, 11) is -0.721. The average Bonchev–Trinajstić information content (AvgIpc) is 3.22. The molecule has 3 rings (SSSR count). The summed E-state index contributed by atoms with van der Waals surface area (Å²) >= 11 is 1.20. The number of nitrogens with zero attached hydrogens (tertiary/aromatic N) is 1. The van der Waals surface area contributed by atoms with Crippen molar-refractivity contribution in [3.05, 3.63) is 76.5 Å². The second-order valence-corrected chi connectivity index (χ2v) is 8.84. The van der Waals surface area contributed by atoms with Crippen LogP contribution in [0, 0.1) is 0 Å². The van der Waals surface area contributed by atoms with E-state index in [2.05, 4.69) is 5.32 Å². The van der Waals surface area contributed by atoms with Crippen LogP contribution in [0.2, 0.25) is 0 Å². The van der Waals surface area contributed by atoms with Crippen molar-refractivity contribution in [2.24, 2.45) is 0 Å². The molecule has 0 radical (unpaired) electrons. The van der Waals surface area contributed by atoms with Crippen molar-refractivity contribution >= 4 is 33.0 Å². The molecule has 0 unspecified atom stereocenters. The molecule has 1 N–H and O–H groups in total. The second kappa shape index (κ2) is 8.45. The highest BCUT2D eigenvalue weighted by atomic mass is 32.2. The molecule has 0 aliphatic rings. The van der Waals surface area contributed by atoms with Gasteiger partial charge in [0, 0.05) is 13.6 Å². The van der Waals surface area contributed by atoms with E-state index in [9.17, 15) is 13.2 Å². The fourth-order valence-corrected chi connectivity index (χ4v) is 4.77. The fraction of sp³-hybridized carbons (Fsp3) is 0.150. The summed E-state index contributed by atoms with van der Waals surface area (Å²) in [4.78, 5) is 13.2. The number of sulfonamides is 1. The van der Waals surface area contributed by atoms with Crippen LogP contribution in [-0.2, 0) is 16.6 Å².